The number of anilines is 1. The highest BCUT2D eigenvalue weighted by atomic mass is 16.5. The van der Waals surface area contributed by atoms with Crippen molar-refractivity contribution < 1.29 is 9.84 Å². The second-order valence-corrected chi connectivity index (χ2v) is 6.52. The SMILES string of the molecule is OC(CNCc1ccccc1N1CCOCC1)CN1CCCC1. The average Bonchev–Trinajstić information content (AvgIpc) is 3.09. The lowest BCUT2D eigenvalue weighted by atomic mass is 10.1. The lowest BCUT2D eigenvalue weighted by Crippen LogP contribution is -2.38. The smallest absolute Gasteiger partial charge is 0.0791 e. The van der Waals surface area contributed by atoms with E-state index in [9.17, 15) is 5.11 Å². The van der Waals surface area contributed by atoms with Crippen molar-refractivity contribution >= 4 is 5.69 Å². The highest BCUT2D eigenvalue weighted by molar-refractivity contribution is 5.53. The Morgan fingerprint density at radius 2 is 1.83 bits per heavy atom. The summed E-state index contributed by atoms with van der Waals surface area (Å²) in [5.41, 5.74) is 2.58. The second-order valence-electron chi connectivity index (χ2n) is 6.52. The van der Waals surface area contributed by atoms with Gasteiger partial charge in [0.25, 0.3) is 0 Å². The number of nitrogens with one attached hydrogen (secondary N) is 1. The van der Waals surface area contributed by atoms with Crippen LogP contribution >= 0.6 is 0 Å². The summed E-state index contributed by atoms with van der Waals surface area (Å²) < 4.78 is 5.44. The molecule has 2 saturated heterocycles. The average molecular weight is 319 g/mol. The van der Waals surface area contributed by atoms with Gasteiger partial charge in [-0.25, -0.2) is 0 Å². The van der Waals surface area contributed by atoms with Crippen LogP contribution in [-0.2, 0) is 11.3 Å². The van der Waals surface area contributed by atoms with Crippen LogP contribution in [0.3, 0.4) is 0 Å². The summed E-state index contributed by atoms with van der Waals surface area (Å²) >= 11 is 0. The molecule has 0 aliphatic carbocycles. The van der Waals surface area contributed by atoms with Gasteiger partial charge in [-0.3, -0.25) is 0 Å². The lowest BCUT2D eigenvalue weighted by molar-refractivity contribution is 0.122. The van der Waals surface area contributed by atoms with E-state index in [-0.39, 0.29) is 6.10 Å². The third kappa shape index (κ3) is 4.91. The topological polar surface area (TPSA) is 48.0 Å². The summed E-state index contributed by atoms with van der Waals surface area (Å²) in [5, 5.41) is 13.6. The van der Waals surface area contributed by atoms with Crippen molar-refractivity contribution in [2.24, 2.45) is 0 Å². The molecular formula is C18H29N3O2. The van der Waals surface area contributed by atoms with Gasteiger partial charge in [-0.05, 0) is 37.6 Å². The van der Waals surface area contributed by atoms with Crippen LogP contribution in [0.1, 0.15) is 18.4 Å². The van der Waals surface area contributed by atoms with E-state index in [1.807, 2.05) is 0 Å². The van der Waals surface area contributed by atoms with E-state index in [0.717, 1.165) is 52.5 Å². The summed E-state index contributed by atoms with van der Waals surface area (Å²) in [6.45, 7) is 8.01. The Hall–Kier alpha value is -1.14. The molecule has 5 nitrogen and oxygen atoms in total. The number of para-hydroxylation sites is 1. The van der Waals surface area contributed by atoms with E-state index in [1.54, 1.807) is 0 Å². The van der Waals surface area contributed by atoms with Crippen LogP contribution in [0, 0.1) is 0 Å². The minimum atomic E-state index is -0.288. The van der Waals surface area contributed by atoms with Crippen molar-refractivity contribution in [1.29, 1.82) is 0 Å². The molecule has 0 radical (unpaired) electrons. The number of aliphatic hydroxyl groups is 1. The lowest BCUT2D eigenvalue weighted by Gasteiger charge is -2.30. The van der Waals surface area contributed by atoms with Crippen LogP contribution < -0.4 is 10.2 Å². The minimum absolute atomic E-state index is 0.288. The first kappa shape index (κ1) is 16.7. The fraction of sp³-hybridized carbons (Fsp3) is 0.667. The molecule has 2 aliphatic heterocycles. The third-order valence-corrected chi connectivity index (χ3v) is 4.71. The highest BCUT2D eigenvalue weighted by Crippen LogP contribution is 2.21. The number of nitrogens with zero attached hydrogens (tertiary/aromatic N) is 2. The largest absolute Gasteiger partial charge is 0.390 e. The Morgan fingerprint density at radius 3 is 2.61 bits per heavy atom. The zero-order valence-corrected chi connectivity index (χ0v) is 13.9. The predicted molar refractivity (Wildman–Crippen MR) is 92.9 cm³/mol. The number of ether oxygens (including phenoxy) is 1. The number of benzene rings is 1. The molecule has 0 amide bonds. The molecular weight excluding hydrogens is 290 g/mol. The van der Waals surface area contributed by atoms with Gasteiger partial charge in [0.1, 0.15) is 0 Å². The summed E-state index contributed by atoms with van der Waals surface area (Å²) in [5.74, 6) is 0. The van der Waals surface area contributed by atoms with Crippen molar-refractivity contribution in [3.05, 3.63) is 29.8 Å². The number of rotatable bonds is 7. The first-order valence-corrected chi connectivity index (χ1v) is 8.84. The first-order chi connectivity index (χ1) is 11.3. The molecule has 0 spiro atoms. The van der Waals surface area contributed by atoms with Gasteiger partial charge in [0.2, 0.25) is 0 Å². The standard InChI is InChI=1S/C18H29N3O2/c22-17(15-20-7-3-4-8-20)14-19-13-16-5-1-2-6-18(16)21-9-11-23-12-10-21/h1-2,5-6,17,19,22H,3-4,7-15H2. The highest BCUT2D eigenvalue weighted by Gasteiger charge is 2.16. The van der Waals surface area contributed by atoms with E-state index in [1.165, 1.54) is 24.1 Å². The van der Waals surface area contributed by atoms with Gasteiger partial charge in [0.15, 0.2) is 0 Å². The van der Waals surface area contributed by atoms with Crippen LogP contribution in [0.15, 0.2) is 24.3 Å². The molecule has 23 heavy (non-hydrogen) atoms. The number of β-amino-alcohol motifs (C(OH)–C–C–N with tert-alkyl or cyclic N) is 1. The first-order valence-electron chi connectivity index (χ1n) is 8.84. The van der Waals surface area contributed by atoms with Gasteiger partial charge >= 0.3 is 0 Å². The Labute approximate surface area is 139 Å². The molecule has 1 aromatic carbocycles. The predicted octanol–water partition coefficient (Wildman–Crippen LogP) is 1.07. The van der Waals surface area contributed by atoms with Crippen LogP contribution in [0.25, 0.3) is 0 Å². The molecule has 2 N–H and O–H groups in total. The number of hydrogen-bond acceptors (Lipinski definition) is 5. The maximum Gasteiger partial charge on any atom is 0.0791 e. The third-order valence-electron chi connectivity index (χ3n) is 4.71. The van der Waals surface area contributed by atoms with Crippen LogP contribution in [0.5, 0.6) is 0 Å². The number of morpholine rings is 1. The van der Waals surface area contributed by atoms with Crippen molar-refractivity contribution in [2.45, 2.75) is 25.5 Å². The molecule has 5 heteroatoms. The molecule has 3 rings (SSSR count). The molecule has 2 aliphatic rings. The zero-order valence-electron chi connectivity index (χ0n) is 13.9. The molecule has 2 fully saturated rings. The molecule has 0 saturated carbocycles. The quantitative estimate of drug-likeness (QED) is 0.787. The maximum absolute atomic E-state index is 10.2. The van der Waals surface area contributed by atoms with Gasteiger partial charge in [-0.15, -0.1) is 0 Å². The van der Waals surface area contributed by atoms with Gasteiger partial charge < -0.3 is 25.0 Å². The van der Waals surface area contributed by atoms with Crippen molar-refractivity contribution in [3.8, 4) is 0 Å². The Balaban J connectivity index is 1.47. The van der Waals surface area contributed by atoms with E-state index in [4.69, 9.17) is 4.74 Å². The van der Waals surface area contributed by atoms with Gasteiger partial charge in [0, 0.05) is 38.4 Å². The fourth-order valence-electron chi connectivity index (χ4n) is 3.47. The molecule has 128 valence electrons. The number of aliphatic hydroxyl groups excluding tert-OH is 1. The van der Waals surface area contributed by atoms with Crippen molar-refractivity contribution in [1.82, 2.24) is 10.2 Å². The van der Waals surface area contributed by atoms with Crippen LogP contribution in [-0.4, -0.2) is 68.6 Å². The normalized spacial score (nSPS) is 20.8. The Kier molecular flexibility index (Phi) is 6.28. The molecule has 2 heterocycles. The van der Waals surface area contributed by atoms with Crippen molar-refractivity contribution in [2.75, 3.05) is 57.4 Å². The fourth-order valence-corrected chi connectivity index (χ4v) is 3.47. The number of hydrogen-bond donors (Lipinski definition) is 2. The van der Waals surface area contributed by atoms with Gasteiger partial charge in [-0.2, -0.15) is 0 Å². The second kappa shape index (κ2) is 8.64. The van der Waals surface area contributed by atoms with Gasteiger partial charge in [0.05, 0.1) is 19.3 Å². The summed E-state index contributed by atoms with van der Waals surface area (Å²) in [4.78, 5) is 4.75. The Morgan fingerprint density at radius 1 is 1.09 bits per heavy atom. The van der Waals surface area contributed by atoms with Gasteiger partial charge in [-0.1, -0.05) is 18.2 Å². The molecule has 1 atom stereocenters. The van der Waals surface area contributed by atoms with E-state index in [0.29, 0.717) is 6.54 Å². The maximum atomic E-state index is 10.2. The summed E-state index contributed by atoms with van der Waals surface area (Å²) in [6, 6.07) is 8.53. The van der Waals surface area contributed by atoms with E-state index < -0.39 is 0 Å². The summed E-state index contributed by atoms with van der Waals surface area (Å²) in [7, 11) is 0. The monoisotopic (exact) mass is 319 g/mol. The molecule has 1 aromatic rings. The van der Waals surface area contributed by atoms with E-state index in [2.05, 4.69) is 39.4 Å². The van der Waals surface area contributed by atoms with Crippen LogP contribution in [0.2, 0.25) is 0 Å². The molecule has 0 bridgehead atoms. The van der Waals surface area contributed by atoms with Crippen molar-refractivity contribution in [3.63, 3.8) is 0 Å². The zero-order chi connectivity index (χ0) is 15.9. The van der Waals surface area contributed by atoms with Crippen LogP contribution in [0.4, 0.5) is 5.69 Å². The minimum Gasteiger partial charge on any atom is -0.390 e. The molecule has 0 aromatic heterocycles. The Bertz CT molecular complexity index is 471. The number of likely N-dealkylation sites (tertiary alicyclic amines) is 1. The molecule has 1 unspecified atom stereocenters. The van der Waals surface area contributed by atoms with E-state index >= 15 is 0 Å². The summed E-state index contributed by atoms with van der Waals surface area (Å²) in [6.07, 6.45) is 2.25.